The van der Waals surface area contributed by atoms with Gasteiger partial charge in [0.2, 0.25) is 0 Å². The van der Waals surface area contributed by atoms with Crippen LogP contribution in [0, 0.1) is 11.6 Å². The second kappa shape index (κ2) is 6.85. The molecule has 0 saturated carbocycles. The van der Waals surface area contributed by atoms with E-state index in [9.17, 15) is 17.2 Å². The van der Waals surface area contributed by atoms with Crippen LogP contribution in [-0.4, -0.2) is 21.8 Å². The molecule has 0 heterocycles. The molecule has 0 amide bonds. The highest BCUT2D eigenvalue weighted by Crippen LogP contribution is 2.38. The van der Waals surface area contributed by atoms with Crippen molar-refractivity contribution in [3.63, 3.8) is 0 Å². The zero-order chi connectivity index (χ0) is 19.1. The quantitative estimate of drug-likeness (QED) is 0.738. The van der Waals surface area contributed by atoms with Gasteiger partial charge in [0.25, 0.3) is 0 Å². The van der Waals surface area contributed by atoms with Crippen LogP contribution in [-0.2, 0) is 9.84 Å². The van der Waals surface area contributed by atoms with Crippen LogP contribution in [0.4, 0.5) is 8.78 Å². The van der Waals surface area contributed by atoms with Gasteiger partial charge in [0.05, 0.1) is 12.1 Å². The molecule has 7 heteroatoms. The molecule has 0 saturated heterocycles. The molecule has 2 aromatic rings. The molecule has 26 heavy (non-hydrogen) atoms. The highest BCUT2D eigenvalue weighted by molar-refractivity contribution is 7.90. The lowest BCUT2D eigenvalue weighted by atomic mass is 9.96. The topological polar surface area (TPSA) is 43.4 Å². The second-order valence-corrected chi connectivity index (χ2v) is 8.25. The molecule has 1 aliphatic rings. The summed E-state index contributed by atoms with van der Waals surface area (Å²) in [6.45, 7) is 0. The molecular weight excluding hydrogens is 382 g/mol. The van der Waals surface area contributed by atoms with Crippen LogP contribution in [0.1, 0.15) is 17.5 Å². The molecule has 0 fully saturated rings. The average molecular weight is 397 g/mol. The SMILES string of the molecule is COc1cc(C2=C(c3cc(F)c(S(C)(=O)=O)c(F)c3)CC=C2)ccc1Cl. The number of allylic oxidation sites excluding steroid dienone is 4. The molecule has 0 spiro atoms. The first-order valence-electron chi connectivity index (χ1n) is 7.65. The predicted molar refractivity (Wildman–Crippen MR) is 98.0 cm³/mol. The Bertz CT molecular complexity index is 1030. The van der Waals surface area contributed by atoms with Gasteiger partial charge in [-0.3, -0.25) is 0 Å². The normalized spacial score (nSPS) is 14.2. The van der Waals surface area contributed by atoms with E-state index in [-0.39, 0.29) is 0 Å². The number of benzene rings is 2. The molecule has 3 rings (SSSR count). The Morgan fingerprint density at radius 3 is 2.31 bits per heavy atom. The highest BCUT2D eigenvalue weighted by Gasteiger charge is 2.23. The number of ether oxygens (including phenoxy) is 1. The van der Waals surface area contributed by atoms with Crippen molar-refractivity contribution in [1.82, 2.24) is 0 Å². The Labute approximate surface area is 155 Å². The van der Waals surface area contributed by atoms with Crippen LogP contribution < -0.4 is 4.74 Å². The number of methoxy groups -OCH3 is 1. The molecule has 0 unspecified atom stereocenters. The summed E-state index contributed by atoms with van der Waals surface area (Å²) in [5, 5.41) is 0.454. The highest BCUT2D eigenvalue weighted by atomic mass is 35.5. The Hall–Kier alpha value is -2.18. The summed E-state index contributed by atoms with van der Waals surface area (Å²) >= 11 is 6.04. The molecule has 1 aliphatic carbocycles. The number of sulfone groups is 1. The number of halogens is 3. The first-order chi connectivity index (χ1) is 12.2. The fourth-order valence-corrected chi connectivity index (χ4v) is 3.99. The monoisotopic (exact) mass is 396 g/mol. The fraction of sp³-hybridized carbons (Fsp3) is 0.158. The van der Waals surface area contributed by atoms with Crippen LogP contribution in [0.3, 0.4) is 0 Å². The van der Waals surface area contributed by atoms with Crippen molar-refractivity contribution in [2.24, 2.45) is 0 Å². The Balaban J connectivity index is 2.16. The van der Waals surface area contributed by atoms with Gasteiger partial charge in [-0.05, 0) is 53.0 Å². The van der Waals surface area contributed by atoms with Crippen molar-refractivity contribution >= 4 is 32.6 Å². The lowest BCUT2D eigenvalue weighted by molar-refractivity contribution is 0.415. The fourth-order valence-electron chi connectivity index (χ4n) is 2.96. The summed E-state index contributed by atoms with van der Waals surface area (Å²) in [4.78, 5) is -0.914. The van der Waals surface area contributed by atoms with Gasteiger partial charge in [-0.1, -0.05) is 29.8 Å². The van der Waals surface area contributed by atoms with Crippen molar-refractivity contribution < 1.29 is 21.9 Å². The molecule has 136 valence electrons. The van der Waals surface area contributed by atoms with E-state index in [1.54, 1.807) is 18.2 Å². The van der Waals surface area contributed by atoms with Crippen molar-refractivity contribution in [2.75, 3.05) is 13.4 Å². The molecule has 2 aromatic carbocycles. The summed E-state index contributed by atoms with van der Waals surface area (Å²) in [6, 6.07) is 7.31. The van der Waals surface area contributed by atoms with E-state index in [2.05, 4.69) is 0 Å². The zero-order valence-electron chi connectivity index (χ0n) is 14.0. The summed E-state index contributed by atoms with van der Waals surface area (Å²) in [6.07, 6.45) is 4.96. The minimum atomic E-state index is -4.00. The minimum Gasteiger partial charge on any atom is -0.495 e. The smallest absolute Gasteiger partial charge is 0.181 e. The Morgan fingerprint density at radius 1 is 1.08 bits per heavy atom. The maximum Gasteiger partial charge on any atom is 0.181 e. The van der Waals surface area contributed by atoms with E-state index < -0.39 is 26.4 Å². The first-order valence-corrected chi connectivity index (χ1v) is 9.92. The van der Waals surface area contributed by atoms with E-state index in [1.165, 1.54) is 7.11 Å². The van der Waals surface area contributed by atoms with E-state index in [1.807, 2.05) is 12.2 Å². The second-order valence-electron chi connectivity index (χ2n) is 5.89. The van der Waals surface area contributed by atoms with Gasteiger partial charge in [-0.25, -0.2) is 17.2 Å². The van der Waals surface area contributed by atoms with E-state index in [4.69, 9.17) is 16.3 Å². The maximum atomic E-state index is 14.3. The van der Waals surface area contributed by atoms with Crippen LogP contribution in [0.5, 0.6) is 5.75 Å². The molecule has 0 N–H and O–H groups in total. The standard InChI is InChI=1S/C19H15ClF2O3S/c1-25-18-10-11(6-7-15(18)20)13-4-3-5-14(13)12-8-16(21)19(17(22)9-12)26(2,23)24/h3-4,6-10H,5H2,1-2H3. The predicted octanol–water partition coefficient (Wildman–Crippen LogP) is 4.90. The average Bonchev–Trinajstić information content (AvgIpc) is 3.03. The van der Waals surface area contributed by atoms with Gasteiger partial charge in [0.15, 0.2) is 9.84 Å². The largest absolute Gasteiger partial charge is 0.495 e. The van der Waals surface area contributed by atoms with Gasteiger partial charge < -0.3 is 4.74 Å². The van der Waals surface area contributed by atoms with Crippen LogP contribution in [0.25, 0.3) is 11.1 Å². The third-order valence-electron chi connectivity index (χ3n) is 4.11. The molecule has 0 radical (unpaired) electrons. The van der Waals surface area contributed by atoms with Crippen LogP contribution in [0.2, 0.25) is 5.02 Å². The third-order valence-corrected chi connectivity index (χ3v) is 5.56. The van der Waals surface area contributed by atoms with Crippen LogP contribution in [0.15, 0.2) is 47.4 Å². The third kappa shape index (κ3) is 3.39. The first kappa shape index (κ1) is 18.6. The van der Waals surface area contributed by atoms with Crippen molar-refractivity contribution in [3.8, 4) is 5.75 Å². The minimum absolute atomic E-state index is 0.293. The Kier molecular flexibility index (Phi) is 4.90. The summed E-state index contributed by atoms with van der Waals surface area (Å²) in [7, 11) is -2.50. The number of hydrogen-bond donors (Lipinski definition) is 0. The lowest BCUT2D eigenvalue weighted by Crippen LogP contribution is -2.05. The van der Waals surface area contributed by atoms with Crippen LogP contribution >= 0.6 is 11.6 Å². The molecule has 3 nitrogen and oxygen atoms in total. The van der Waals surface area contributed by atoms with Crippen molar-refractivity contribution in [2.45, 2.75) is 11.3 Å². The molecule has 0 atom stereocenters. The molecule has 0 aliphatic heterocycles. The van der Waals surface area contributed by atoms with Gasteiger partial charge >= 0.3 is 0 Å². The Morgan fingerprint density at radius 2 is 1.73 bits per heavy atom. The molecule has 0 bridgehead atoms. The van der Waals surface area contributed by atoms with E-state index in [0.29, 0.717) is 28.3 Å². The van der Waals surface area contributed by atoms with Gasteiger partial charge in [0, 0.05) is 6.26 Å². The van der Waals surface area contributed by atoms with E-state index >= 15 is 0 Å². The van der Waals surface area contributed by atoms with Gasteiger partial charge in [-0.2, -0.15) is 0 Å². The molecule has 0 aromatic heterocycles. The van der Waals surface area contributed by atoms with Gasteiger partial charge in [0.1, 0.15) is 22.3 Å². The molecular formula is C19H15ClF2O3S. The lowest BCUT2D eigenvalue weighted by Gasteiger charge is -2.12. The zero-order valence-corrected chi connectivity index (χ0v) is 15.6. The summed E-state index contributed by atoms with van der Waals surface area (Å²) in [5.74, 6) is -1.72. The van der Waals surface area contributed by atoms with Crippen molar-refractivity contribution in [3.05, 3.63) is 70.3 Å². The van der Waals surface area contributed by atoms with Crippen molar-refractivity contribution in [1.29, 1.82) is 0 Å². The summed E-state index contributed by atoms with van der Waals surface area (Å²) < 4.78 is 56.9. The van der Waals surface area contributed by atoms with E-state index in [0.717, 1.165) is 29.5 Å². The van der Waals surface area contributed by atoms with Gasteiger partial charge in [-0.15, -0.1) is 0 Å². The summed E-state index contributed by atoms with van der Waals surface area (Å²) in [5.41, 5.74) is 2.53. The maximum absolute atomic E-state index is 14.3. The number of hydrogen-bond acceptors (Lipinski definition) is 3. The number of rotatable bonds is 4.